The number of anilines is 1. The van der Waals surface area contributed by atoms with Crippen molar-refractivity contribution in [3.63, 3.8) is 0 Å². The van der Waals surface area contributed by atoms with Crippen molar-refractivity contribution >= 4 is 17.1 Å². The number of nitriles is 1. The minimum atomic E-state index is 0.548. The van der Waals surface area contributed by atoms with E-state index in [9.17, 15) is 5.26 Å². The average Bonchev–Trinajstić information content (AvgIpc) is 3.23. The van der Waals surface area contributed by atoms with Gasteiger partial charge in [-0.25, -0.2) is 9.97 Å². The summed E-state index contributed by atoms with van der Waals surface area (Å²) in [5, 5.41) is 12.6. The van der Waals surface area contributed by atoms with Crippen molar-refractivity contribution in [3.8, 4) is 23.2 Å². The number of nitrogens with one attached hydrogen (secondary N) is 1. The van der Waals surface area contributed by atoms with Crippen LogP contribution in [0.3, 0.4) is 0 Å². The van der Waals surface area contributed by atoms with Gasteiger partial charge in [0.25, 0.3) is 0 Å². The van der Waals surface area contributed by atoms with Crippen molar-refractivity contribution in [1.29, 1.82) is 5.26 Å². The number of nitrogens with zero attached hydrogens (tertiary/aromatic N) is 5. The van der Waals surface area contributed by atoms with Gasteiger partial charge in [0, 0.05) is 32.4 Å². The molecule has 0 radical (unpaired) electrons. The van der Waals surface area contributed by atoms with E-state index < -0.39 is 0 Å². The summed E-state index contributed by atoms with van der Waals surface area (Å²) in [6, 6.07) is 17.7. The fourth-order valence-corrected chi connectivity index (χ4v) is 3.85. The smallest absolute Gasteiger partial charge is 0.224 e. The molecule has 0 unspecified atom stereocenters. The number of aromatic nitrogens is 4. The van der Waals surface area contributed by atoms with E-state index in [1.54, 1.807) is 19.4 Å². The van der Waals surface area contributed by atoms with Crippen LogP contribution < -0.4 is 10.1 Å². The molecular weight excluding hydrogens is 428 g/mol. The standard InChI is InChI=1S/C26H28N6O2/c1-3-34-23-11-5-4-9-20(23)12-13-28-26-29-18-22-25(31-26)32(14-7-15-33-2)24(30-22)21-10-6-8-19(16-21)17-27/h4-6,8-11,16,18H,3,7,12-15H2,1-2H3,(H,28,29,31). The molecule has 0 aliphatic heterocycles. The van der Waals surface area contributed by atoms with E-state index in [0.717, 1.165) is 41.2 Å². The lowest BCUT2D eigenvalue weighted by Crippen LogP contribution is -2.10. The van der Waals surface area contributed by atoms with Crippen molar-refractivity contribution in [2.75, 3.05) is 32.2 Å². The Morgan fingerprint density at radius 3 is 2.82 bits per heavy atom. The summed E-state index contributed by atoms with van der Waals surface area (Å²) in [7, 11) is 1.69. The largest absolute Gasteiger partial charge is 0.494 e. The molecule has 0 spiro atoms. The third-order valence-electron chi connectivity index (χ3n) is 5.42. The van der Waals surface area contributed by atoms with Gasteiger partial charge in [0.05, 0.1) is 24.4 Å². The quantitative estimate of drug-likeness (QED) is 0.333. The zero-order chi connectivity index (χ0) is 23.8. The van der Waals surface area contributed by atoms with Crippen LogP contribution in [0.4, 0.5) is 5.95 Å². The molecule has 174 valence electrons. The first-order valence-corrected chi connectivity index (χ1v) is 11.4. The molecule has 0 aliphatic rings. The van der Waals surface area contributed by atoms with Crippen molar-refractivity contribution in [2.24, 2.45) is 0 Å². The van der Waals surface area contributed by atoms with E-state index in [2.05, 4.69) is 27.0 Å². The second-order valence-corrected chi connectivity index (χ2v) is 7.75. The van der Waals surface area contributed by atoms with Gasteiger partial charge in [0.15, 0.2) is 5.65 Å². The predicted molar refractivity (Wildman–Crippen MR) is 132 cm³/mol. The number of fused-ring (bicyclic) bond motifs is 1. The Bertz CT molecular complexity index is 1290. The van der Waals surface area contributed by atoms with E-state index in [1.165, 1.54) is 0 Å². The fraction of sp³-hybridized carbons (Fsp3) is 0.308. The molecule has 0 bridgehead atoms. The lowest BCUT2D eigenvalue weighted by molar-refractivity contribution is 0.191. The minimum Gasteiger partial charge on any atom is -0.494 e. The summed E-state index contributed by atoms with van der Waals surface area (Å²) in [6.07, 6.45) is 3.34. The Morgan fingerprint density at radius 2 is 2.00 bits per heavy atom. The van der Waals surface area contributed by atoms with Gasteiger partial charge in [-0.1, -0.05) is 30.3 Å². The summed E-state index contributed by atoms with van der Waals surface area (Å²) in [5.41, 5.74) is 4.06. The molecule has 8 nitrogen and oxygen atoms in total. The van der Waals surface area contributed by atoms with Gasteiger partial charge in [-0.3, -0.25) is 0 Å². The van der Waals surface area contributed by atoms with Gasteiger partial charge in [-0.15, -0.1) is 0 Å². The van der Waals surface area contributed by atoms with Crippen LogP contribution in [0.2, 0.25) is 0 Å². The molecule has 0 atom stereocenters. The molecular formula is C26H28N6O2. The van der Waals surface area contributed by atoms with Crippen LogP contribution in [-0.2, 0) is 17.7 Å². The Kier molecular flexibility index (Phi) is 7.68. The molecule has 2 heterocycles. The first-order chi connectivity index (χ1) is 16.7. The summed E-state index contributed by atoms with van der Waals surface area (Å²) >= 11 is 0. The summed E-state index contributed by atoms with van der Waals surface area (Å²) in [4.78, 5) is 14.0. The number of para-hydroxylation sites is 1. The zero-order valence-electron chi connectivity index (χ0n) is 19.5. The zero-order valence-corrected chi connectivity index (χ0v) is 19.5. The lowest BCUT2D eigenvalue weighted by atomic mass is 10.1. The minimum absolute atomic E-state index is 0.548. The molecule has 0 saturated carbocycles. The maximum Gasteiger partial charge on any atom is 0.224 e. The van der Waals surface area contributed by atoms with Crippen LogP contribution in [0.5, 0.6) is 5.75 Å². The second-order valence-electron chi connectivity index (χ2n) is 7.75. The number of aryl methyl sites for hydroxylation is 1. The van der Waals surface area contributed by atoms with E-state index in [4.69, 9.17) is 19.4 Å². The van der Waals surface area contributed by atoms with Crippen LogP contribution in [0.25, 0.3) is 22.6 Å². The van der Waals surface area contributed by atoms with Gasteiger partial charge >= 0.3 is 0 Å². The first-order valence-electron chi connectivity index (χ1n) is 11.4. The van der Waals surface area contributed by atoms with Crippen molar-refractivity contribution in [3.05, 3.63) is 65.9 Å². The van der Waals surface area contributed by atoms with E-state index in [-0.39, 0.29) is 0 Å². The third-order valence-corrected chi connectivity index (χ3v) is 5.42. The Labute approximate surface area is 199 Å². The molecule has 4 aromatic rings. The molecule has 0 amide bonds. The van der Waals surface area contributed by atoms with E-state index >= 15 is 0 Å². The molecule has 2 aromatic carbocycles. The van der Waals surface area contributed by atoms with Crippen LogP contribution in [-0.4, -0.2) is 46.4 Å². The SMILES string of the molecule is CCOc1ccccc1CCNc1ncc2nc(-c3cccc(C#N)c3)n(CCCOC)c2n1. The number of hydrogen-bond acceptors (Lipinski definition) is 7. The van der Waals surface area contributed by atoms with Crippen LogP contribution in [0, 0.1) is 11.3 Å². The topological polar surface area (TPSA) is 97.9 Å². The molecule has 0 fully saturated rings. The lowest BCUT2D eigenvalue weighted by Gasteiger charge is -2.11. The highest BCUT2D eigenvalue weighted by Crippen LogP contribution is 2.25. The average molecular weight is 457 g/mol. The molecule has 4 rings (SSSR count). The fourth-order valence-electron chi connectivity index (χ4n) is 3.85. The van der Waals surface area contributed by atoms with E-state index in [0.29, 0.717) is 43.3 Å². The second kappa shape index (κ2) is 11.3. The Morgan fingerprint density at radius 1 is 1.12 bits per heavy atom. The number of ether oxygens (including phenoxy) is 2. The van der Waals surface area contributed by atoms with Gasteiger partial charge in [-0.05, 0) is 43.5 Å². The van der Waals surface area contributed by atoms with Crippen molar-refractivity contribution < 1.29 is 9.47 Å². The predicted octanol–water partition coefficient (Wildman–Crippen LogP) is 4.45. The number of imidazole rings is 1. The monoisotopic (exact) mass is 456 g/mol. The van der Waals surface area contributed by atoms with Crippen LogP contribution in [0.1, 0.15) is 24.5 Å². The number of hydrogen-bond donors (Lipinski definition) is 1. The van der Waals surface area contributed by atoms with Crippen molar-refractivity contribution in [1.82, 2.24) is 19.5 Å². The highest BCUT2D eigenvalue weighted by molar-refractivity contribution is 5.77. The van der Waals surface area contributed by atoms with Gasteiger partial charge in [-0.2, -0.15) is 10.2 Å². The number of methoxy groups -OCH3 is 1. The maximum atomic E-state index is 9.31. The summed E-state index contributed by atoms with van der Waals surface area (Å²) in [6.45, 7) is 4.61. The van der Waals surface area contributed by atoms with Crippen LogP contribution in [0.15, 0.2) is 54.7 Å². The molecule has 0 saturated heterocycles. The molecule has 2 aromatic heterocycles. The Balaban J connectivity index is 1.59. The van der Waals surface area contributed by atoms with Crippen LogP contribution >= 0.6 is 0 Å². The van der Waals surface area contributed by atoms with Gasteiger partial charge in [0.2, 0.25) is 5.95 Å². The van der Waals surface area contributed by atoms with Gasteiger partial charge in [0.1, 0.15) is 17.1 Å². The van der Waals surface area contributed by atoms with E-state index in [1.807, 2.05) is 43.3 Å². The Hall–Kier alpha value is -3.96. The molecule has 8 heteroatoms. The first kappa shape index (κ1) is 23.2. The third kappa shape index (κ3) is 5.33. The molecule has 1 N–H and O–H groups in total. The van der Waals surface area contributed by atoms with Gasteiger partial charge < -0.3 is 19.4 Å². The highest BCUT2D eigenvalue weighted by Gasteiger charge is 2.15. The maximum absolute atomic E-state index is 9.31. The number of benzene rings is 2. The van der Waals surface area contributed by atoms with Crippen molar-refractivity contribution in [2.45, 2.75) is 26.3 Å². The number of rotatable bonds is 11. The molecule has 0 aliphatic carbocycles. The summed E-state index contributed by atoms with van der Waals surface area (Å²) < 4.78 is 13.0. The highest BCUT2D eigenvalue weighted by atomic mass is 16.5. The normalized spacial score (nSPS) is 10.9. The molecule has 34 heavy (non-hydrogen) atoms. The summed E-state index contributed by atoms with van der Waals surface area (Å²) in [5.74, 6) is 2.22.